The van der Waals surface area contributed by atoms with Gasteiger partial charge in [0.1, 0.15) is 6.33 Å². The summed E-state index contributed by atoms with van der Waals surface area (Å²) in [6, 6.07) is 54.5. The number of fused-ring (bicyclic) bond motifs is 6. The second kappa shape index (κ2) is 11.9. The van der Waals surface area contributed by atoms with Crippen LogP contribution in [0.3, 0.4) is 0 Å². The minimum Gasteiger partial charge on any atom is -0.236 e. The molecule has 0 fully saturated rings. The van der Waals surface area contributed by atoms with Crippen molar-refractivity contribution in [1.82, 2.24) is 9.97 Å². The summed E-state index contributed by atoms with van der Waals surface area (Å²) in [6.07, 6.45) is 8.49. The number of aromatic nitrogens is 2. The van der Waals surface area contributed by atoms with E-state index in [-0.39, 0.29) is 0 Å². The molecule has 2 nitrogen and oxygen atoms in total. The van der Waals surface area contributed by atoms with Crippen LogP contribution in [0.4, 0.5) is 0 Å². The Hall–Kier alpha value is -6.12. The van der Waals surface area contributed by atoms with E-state index in [1.54, 1.807) is 6.33 Å². The van der Waals surface area contributed by atoms with Crippen LogP contribution in [0.2, 0.25) is 0 Å². The molecular weight excluding hydrogens is 581 g/mol. The van der Waals surface area contributed by atoms with Crippen molar-refractivity contribution in [2.75, 3.05) is 0 Å². The molecule has 0 saturated carbocycles. The lowest BCUT2D eigenvalue weighted by Crippen LogP contribution is -1.98. The van der Waals surface area contributed by atoms with Crippen LogP contribution in [0, 0.1) is 0 Å². The van der Waals surface area contributed by atoms with Gasteiger partial charge in [-0.3, -0.25) is 0 Å². The summed E-state index contributed by atoms with van der Waals surface area (Å²) in [7, 11) is 0. The van der Waals surface area contributed by atoms with Gasteiger partial charge in [-0.05, 0) is 103 Å². The topological polar surface area (TPSA) is 25.8 Å². The molecule has 0 saturated heterocycles. The summed E-state index contributed by atoms with van der Waals surface area (Å²) in [5.74, 6) is 0. The van der Waals surface area contributed by atoms with E-state index in [9.17, 15) is 0 Å². The molecule has 1 aromatic heterocycles. The standard InChI is InChI=1S/C46H32N2/c1-2-12-31(13-3-1)32-14-11-17-36(27-32)45-29-46(48-30-47-45)43-23-9-4-18-37(43)35-16-10-15-33(26-35)34-24-25-42-40-21-6-5-19-38(40)39-20-7-8-22-41(39)44(42)28-34/h1-5,7-20,22-30H,6,21H2. The molecule has 1 aliphatic carbocycles. The normalized spacial score (nSPS) is 12.3. The van der Waals surface area contributed by atoms with Gasteiger partial charge in [0.25, 0.3) is 0 Å². The molecule has 0 N–H and O–H groups in total. The van der Waals surface area contributed by atoms with Crippen LogP contribution < -0.4 is 0 Å². The van der Waals surface area contributed by atoms with Gasteiger partial charge in [-0.25, -0.2) is 9.97 Å². The number of nitrogens with zero attached hydrogens (tertiary/aromatic N) is 2. The molecule has 1 heterocycles. The van der Waals surface area contributed by atoms with Crippen molar-refractivity contribution in [3.05, 3.63) is 175 Å². The van der Waals surface area contributed by atoms with Crippen LogP contribution in [-0.4, -0.2) is 9.97 Å². The number of rotatable bonds is 5. The van der Waals surface area contributed by atoms with Crippen LogP contribution in [0.5, 0.6) is 0 Å². The Balaban J connectivity index is 1.11. The summed E-state index contributed by atoms with van der Waals surface area (Å²) in [6.45, 7) is 0. The first-order valence-electron chi connectivity index (χ1n) is 16.6. The first-order valence-corrected chi connectivity index (χ1v) is 16.6. The highest BCUT2D eigenvalue weighted by molar-refractivity contribution is 6.14. The lowest BCUT2D eigenvalue weighted by Gasteiger charge is -2.18. The minimum absolute atomic E-state index is 0.905. The average Bonchev–Trinajstić information content (AvgIpc) is 3.18. The highest BCUT2D eigenvalue weighted by Gasteiger charge is 2.16. The van der Waals surface area contributed by atoms with E-state index < -0.39 is 0 Å². The summed E-state index contributed by atoms with van der Waals surface area (Å²) >= 11 is 0. The second-order valence-corrected chi connectivity index (χ2v) is 12.5. The smallest absolute Gasteiger partial charge is 0.116 e. The number of allylic oxidation sites excluding steroid dienone is 1. The van der Waals surface area contributed by atoms with Crippen molar-refractivity contribution in [2.45, 2.75) is 12.8 Å². The van der Waals surface area contributed by atoms with Crippen molar-refractivity contribution >= 4 is 27.6 Å². The van der Waals surface area contributed by atoms with Gasteiger partial charge < -0.3 is 0 Å². The van der Waals surface area contributed by atoms with E-state index in [1.165, 1.54) is 54.9 Å². The average molecular weight is 613 g/mol. The van der Waals surface area contributed by atoms with Crippen LogP contribution in [-0.2, 0) is 6.42 Å². The molecule has 9 rings (SSSR count). The van der Waals surface area contributed by atoms with Crippen LogP contribution in [0.1, 0.15) is 17.5 Å². The van der Waals surface area contributed by atoms with Crippen LogP contribution in [0.15, 0.2) is 164 Å². The molecule has 8 aromatic rings. The molecule has 0 unspecified atom stereocenters. The van der Waals surface area contributed by atoms with Crippen LogP contribution in [0.25, 0.3) is 83.5 Å². The van der Waals surface area contributed by atoms with E-state index in [0.29, 0.717) is 0 Å². The Labute approximate surface area is 280 Å². The third kappa shape index (κ3) is 4.99. The zero-order chi connectivity index (χ0) is 31.9. The van der Waals surface area contributed by atoms with E-state index in [1.807, 2.05) is 6.07 Å². The number of aryl methyl sites for hydroxylation is 1. The highest BCUT2D eigenvalue weighted by Crippen LogP contribution is 2.40. The SMILES string of the molecule is C1=Cc2c(c3ccc(-c4cccc(-c5ccccc5-c5cc(-c6cccc(-c7ccccc7)c6)ncn5)c4)cc3c3ccccc23)CC1. The summed E-state index contributed by atoms with van der Waals surface area (Å²) in [5, 5.41) is 5.35. The third-order valence-electron chi connectivity index (χ3n) is 9.67. The molecule has 0 amide bonds. The Morgan fingerprint density at radius 3 is 1.92 bits per heavy atom. The zero-order valence-electron chi connectivity index (χ0n) is 26.5. The number of benzene rings is 7. The van der Waals surface area contributed by atoms with Gasteiger partial charge in [-0.1, -0.05) is 140 Å². The fourth-order valence-corrected chi connectivity index (χ4v) is 7.33. The predicted octanol–water partition coefficient (Wildman–Crippen LogP) is 12.1. The molecule has 0 spiro atoms. The molecule has 1 aliphatic rings. The first kappa shape index (κ1) is 28.1. The molecular formula is C46H32N2. The van der Waals surface area contributed by atoms with E-state index in [4.69, 9.17) is 4.98 Å². The van der Waals surface area contributed by atoms with E-state index in [0.717, 1.165) is 46.5 Å². The van der Waals surface area contributed by atoms with Gasteiger partial charge >= 0.3 is 0 Å². The maximum absolute atomic E-state index is 4.76. The lowest BCUT2D eigenvalue weighted by atomic mass is 9.85. The Bertz CT molecular complexity index is 2510. The lowest BCUT2D eigenvalue weighted by molar-refractivity contribution is 1.00. The van der Waals surface area contributed by atoms with Crippen molar-refractivity contribution in [3.63, 3.8) is 0 Å². The van der Waals surface area contributed by atoms with Gasteiger partial charge in [0, 0.05) is 11.1 Å². The van der Waals surface area contributed by atoms with Crippen molar-refractivity contribution < 1.29 is 0 Å². The molecule has 0 radical (unpaired) electrons. The Morgan fingerprint density at radius 2 is 1.04 bits per heavy atom. The van der Waals surface area contributed by atoms with E-state index in [2.05, 4.69) is 163 Å². The van der Waals surface area contributed by atoms with E-state index >= 15 is 0 Å². The quantitative estimate of drug-likeness (QED) is 0.181. The van der Waals surface area contributed by atoms with Crippen molar-refractivity contribution in [3.8, 4) is 55.9 Å². The van der Waals surface area contributed by atoms with Gasteiger partial charge in [-0.2, -0.15) is 0 Å². The fourth-order valence-electron chi connectivity index (χ4n) is 7.33. The molecule has 2 heteroatoms. The summed E-state index contributed by atoms with van der Waals surface area (Å²) in [5.41, 5.74) is 13.9. The van der Waals surface area contributed by atoms with Crippen molar-refractivity contribution in [2.24, 2.45) is 0 Å². The first-order chi connectivity index (χ1) is 23.8. The minimum atomic E-state index is 0.905. The van der Waals surface area contributed by atoms with Gasteiger partial charge in [-0.15, -0.1) is 0 Å². The zero-order valence-corrected chi connectivity index (χ0v) is 26.5. The second-order valence-electron chi connectivity index (χ2n) is 12.5. The largest absolute Gasteiger partial charge is 0.236 e. The molecule has 226 valence electrons. The molecule has 0 atom stereocenters. The van der Waals surface area contributed by atoms with Gasteiger partial charge in [0.15, 0.2) is 0 Å². The number of hydrogen-bond acceptors (Lipinski definition) is 2. The maximum atomic E-state index is 4.76. The van der Waals surface area contributed by atoms with Gasteiger partial charge in [0.05, 0.1) is 11.4 Å². The summed E-state index contributed by atoms with van der Waals surface area (Å²) < 4.78 is 0. The molecule has 0 bridgehead atoms. The Kier molecular flexibility index (Phi) is 6.98. The fraction of sp³-hybridized carbons (Fsp3) is 0.0435. The van der Waals surface area contributed by atoms with Crippen LogP contribution >= 0.6 is 0 Å². The van der Waals surface area contributed by atoms with Gasteiger partial charge in [0.2, 0.25) is 0 Å². The molecule has 48 heavy (non-hydrogen) atoms. The predicted molar refractivity (Wildman–Crippen MR) is 202 cm³/mol. The summed E-state index contributed by atoms with van der Waals surface area (Å²) in [4.78, 5) is 9.45. The maximum Gasteiger partial charge on any atom is 0.116 e. The monoisotopic (exact) mass is 612 g/mol. The number of hydrogen-bond donors (Lipinski definition) is 0. The third-order valence-corrected chi connectivity index (χ3v) is 9.67. The Morgan fingerprint density at radius 1 is 0.396 bits per heavy atom. The molecule has 7 aromatic carbocycles. The highest BCUT2D eigenvalue weighted by atomic mass is 14.8. The van der Waals surface area contributed by atoms with Crippen molar-refractivity contribution in [1.29, 1.82) is 0 Å². The molecule has 0 aliphatic heterocycles.